The van der Waals surface area contributed by atoms with Crippen molar-refractivity contribution in [3.05, 3.63) is 26.3 Å². The predicted octanol–water partition coefficient (Wildman–Crippen LogP) is 4.52. The average molecular weight is 331 g/mol. The van der Waals surface area contributed by atoms with E-state index in [1.165, 1.54) is 4.88 Å². The highest BCUT2D eigenvalue weighted by Crippen LogP contribution is 2.30. The summed E-state index contributed by atoms with van der Waals surface area (Å²) in [5.41, 5.74) is 1.22. The highest BCUT2D eigenvalue weighted by atomic mass is 79.9. The van der Waals surface area contributed by atoms with Crippen LogP contribution in [-0.2, 0) is 6.54 Å². The fraction of sp³-hybridized carbons (Fsp3) is 0.417. The van der Waals surface area contributed by atoms with Crippen LogP contribution in [0.15, 0.2) is 21.3 Å². The lowest BCUT2D eigenvalue weighted by Gasteiger charge is -2.19. The van der Waals surface area contributed by atoms with Gasteiger partial charge in [-0.05, 0) is 42.8 Å². The summed E-state index contributed by atoms with van der Waals surface area (Å²) < 4.78 is 1.12. The van der Waals surface area contributed by atoms with Crippen LogP contribution in [0.4, 0.5) is 0 Å². The molecular formula is C12H15BrN2S2. The summed E-state index contributed by atoms with van der Waals surface area (Å²) in [6, 6.07) is 2.11. The van der Waals surface area contributed by atoms with Gasteiger partial charge in [-0.2, -0.15) is 0 Å². The minimum atomic E-state index is 0.137. The van der Waals surface area contributed by atoms with Crippen molar-refractivity contribution in [1.82, 2.24) is 10.3 Å². The van der Waals surface area contributed by atoms with Crippen LogP contribution in [0.25, 0.3) is 10.6 Å². The Labute approximate surface area is 118 Å². The summed E-state index contributed by atoms with van der Waals surface area (Å²) in [5, 5.41) is 8.80. The second kappa shape index (κ2) is 5.18. The smallest absolute Gasteiger partial charge is 0.107 e. The fourth-order valence-electron chi connectivity index (χ4n) is 1.29. The Bertz CT molecular complexity index is 497. The molecule has 17 heavy (non-hydrogen) atoms. The van der Waals surface area contributed by atoms with Crippen LogP contribution in [0.3, 0.4) is 0 Å². The van der Waals surface area contributed by atoms with Crippen molar-refractivity contribution < 1.29 is 0 Å². The van der Waals surface area contributed by atoms with Crippen LogP contribution in [0.2, 0.25) is 0 Å². The quantitative estimate of drug-likeness (QED) is 0.894. The SMILES string of the molecule is CC(C)(C)NCc1nc(-c2cc(Br)cs2)cs1. The number of aromatic nitrogens is 1. The van der Waals surface area contributed by atoms with Gasteiger partial charge in [-0.25, -0.2) is 4.98 Å². The molecule has 0 bridgehead atoms. The minimum absolute atomic E-state index is 0.137. The molecule has 0 aliphatic heterocycles. The zero-order chi connectivity index (χ0) is 12.5. The van der Waals surface area contributed by atoms with Crippen LogP contribution in [0, 0.1) is 0 Å². The number of nitrogens with zero attached hydrogens (tertiary/aromatic N) is 1. The summed E-state index contributed by atoms with van der Waals surface area (Å²) in [4.78, 5) is 5.86. The van der Waals surface area contributed by atoms with Gasteiger partial charge in [-0.15, -0.1) is 22.7 Å². The van der Waals surface area contributed by atoms with E-state index < -0.39 is 0 Å². The Morgan fingerprint density at radius 3 is 2.65 bits per heavy atom. The first kappa shape index (κ1) is 13.2. The van der Waals surface area contributed by atoms with E-state index in [1.807, 2.05) is 0 Å². The molecule has 2 heterocycles. The number of hydrogen-bond donors (Lipinski definition) is 1. The van der Waals surface area contributed by atoms with E-state index in [9.17, 15) is 0 Å². The normalized spacial score (nSPS) is 12.0. The largest absolute Gasteiger partial charge is 0.306 e. The minimum Gasteiger partial charge on any atom is -0.306 e. The molecule has 0 spiro atoms. The summed E-state index contributed by atoms with van der Waals surface area (Å²) in [7, 11) is 0. The van der Waals surface area contributed by atoms with Gasteiger partial charge in [-0.3, -0.25) is 0 Å². The first-order valence-corrected chi connectivity index (χ1v) is 7.93. The summed E-state index contributed by atoms with van der Waals surface area (Å²) in [6.45, 7) is 7.33. The molecular weight excluding hydrogens is 316 g/mol. The van der Waals surface area contributed by atoms with Gasteiger partial charge in [0, 0.05) is 27.3 Å². The summed E-state index contributed by atoms with van der Waals surface area (Å²) in [5.74, 6) is 0. The maximum Gasteiger partial charge on any atom is 0.107 e. The molecule has 0 atom stereocenters. The third-order valence-corrected chi connectivity index (χ3v) is 4.70. The molecule has 0 unspecified atom stereocenters. The average Bonchev–Trinajstić information content (AvgIpc) is 2.81. The number of thiophene rings is 1. The van der Waals surface area contributed by atoms with Gasteiger partial charge in [0.1, 0.15) is 5.01 Å². The lowest BCUT2D eigenvalue weighted by atomic mass is 10.1. The first-order valence-electron chi connectivity index (χ1n) is 5.38. The Morgan fingerprint density at radius 1 is 1.29 bits per heavy atom. The van der Waals surface area contributed by atoms with Crippen LogP contribution < -0.4 is 5.32 Å². The van der Waals surface area contributed by atoms with E-state index in [0.29, 0.717) is 0 Å². The van der Waals surface area contributed by atoms with Crippen LogP contribution >= 0.6 is 38.6 Å². The molecule has 0 aromatic carbocycles. The molecule has 0 aliphatic carbocycles. The molecule has 2 nitrogen and oxygen atoms in total. The van der Waals surface area contributed by atoms with Crippen molar-refractivity contribution in [2.45, 2.75) is 32.9 Å². The molecule has 5 heteroatoms. The second-order valence-electron chi connectivity index (χ2n) is 4.86. The maximum absolute atomic E-state index is 4.64. The molecule has 2 aromatic rings. The lowest BCUT2D eigenvalue weighted by Crippen LogP contribution is -2.34. The second-order valence-corrected chi connectivity index (χ2v) is 7.63. The summed E-state index contributed by atoms with van der Waals surface area (Å²) in [6.07, 6.45) is 0. The van der Waals surface area contributed by atoms with Gasteiger partial charge in [0.15, 0.2) is 0 Å². The van der Waals surface area contributed by atoms with Crippen molar-refractivity contribution in [3.63, 3.8) is 0 Å². The predicted molar refractivity (Wildman–Crippen MR) is 79.7 cm³/mol. The molecule has 1 N–H and O–H groups in total. The zero-order valence-corrected chi connectivity index (χ0v) is 13.3. The third kappa shape index (κ3) is 3.88. The van der Waals surface area contributed by atoms with Gasteiger partial charge in [0.25, 0.3) is 0 Å². The number of hydrogen-bond acceptors (Lipinski definition) is 4. The van der Waals surface area contributed by atoms with Crippen molar-refractivity contribution in [2.75, 3.05) is 0 Å². The van der Waals surface area contributed by atoms with E-state index in [-0.39, 0.29) is 5.54 Å². The monoisotopic (exact) mass is 330 g/mol. The highest BCUT2D eigenvalue weighted by Gasteiger charge is 2.11. The Hall–Kier alpha value is -0.230. The van der Waals surface area contributed by atoms with E-state index in [4.69, 9.17) is 0 Å². The van der Waals surface area contributed by atoms with Gasteiger partial charge < -0.3 is 5.32 Å². The number of nitrogens with one attached hydrogen (secondary N) is 1. The Kier molecular flexibility index (Phi) is 4.02. The van der Waals surface area contributed by atoms with Crippen molar-refractivity contribution in [3.8, 4) is 10.6 Å². The first-order chi connectivity index (χ1) is 7.94. The van der Waals surface area contributed by atoms with Crippen LogP contribution in [0.5, 0.6) is 0 Å². The van der Waals surface area contributed by atoms with Crippen molar-refractivity contribution in [2.24, 2.45) is 0 Å². The summed E-state index contributed by atoms with van der Waals surface area (Å²) >= 11 is 6.90. The molecule has 0 fully saturated rings. The van der Waals surface area contributed by atoms with Gasteiger partial charge >= 0.3 is 0 Å². The lowest BCUT2D eigenvalue weighted by molar-refractivity contribution is 0.424. The number of halogens is 1. The molecule has 0 radical (unpaired) electrons. The maximum atomic E-state index is 4.64. The molecule has 92 valence electrons. The highest BCUT2D eigenvalue weighted by molar-refractivity contribution is 9.10. The van der Waals surface area contributed by atoms with Crippen LogP contribution in [-0.4, -0.2) is 10.5 Å². The molecule has 0 amide bonds. The number of rotatable bonds is 3. The number of thiazole rings is 1. The Morgan fingerprint density at radius 2 is 2.06 bits per heavy atom. The molecule has 0 aliphatic rings. The van der Waals surface area contributed by atoms with Gasteiger partial charge in [0.05, 0.1) is 10.6 Å². The van der Waals surface area contributed by atoms with Gasteiger partial charge in [0.2, 0.25) is 0 Å². The molecule has 0 saturated heterocycles. The van der Waals surface area contributed by atoms with Gasteiger partial charge in [-0.1, -0.05) is 0 Å². The standard InChI is InChI=1S/C12H15BrN2S2/c1-12(2,3)14-5-11-15-9(7-17-11)10-4-8(13)6-16-10/h4,6-7,14H,5H2,1-3H3. The van der Waals surface area contributed by atoms with Crippen LogP contribution in [0.1, 0.15) is 25.8 Å². The van der Waals surface area contributed by atoms with E-state index in [2.05, 4.69) is 63.8 Å². The molecule has 2 rings (SSSR count). The topological polar surface area (TPSA) is 24.9 Å². The zero-order valence-electron chi connectivity index (χ0n) is 10.1. The van der Waals surface area contributed by atoms with E-state index in [1.54, 1.807) is 22.7 Å². The molecule has 0 saturated carbocycles. The van der Waals surface area contributed by atoms with Crippen molar-refractivity contribution >= 4 is 38.6 Å². The third-order valence-electron chi connectivity index (χ3n) is 2.14. The van der Waals surface area contributed by atoms with E-state index >= 15 is 0 Å². The molecule has 2 aromatic heterocycles. The van der Waals surface area contributed by atoms with Crippen molar-refractivity contribution in [1.29, 1.82) is 0 Å². The Balaban J connectivity index is 2.06. The fourth-order valence-corrected chi connectivity index (χ4v) is 3.49. The van der Waals surface area contributed by atoms with E-state index in [0.717, 1.165) is 21.7 Å².